The van der Waals surface area contributed by atoms with E-state index in [0.29, 0.717) is 11.5 Å². The number of hydrogen-bond donors (Lipinski definition) is 2. The normalized spacial score (nSPS) is 17.4. The summed E-state index contributed by atoms with van der Waals surface area (Å²) in [6.45, 7) is 0.246. The van der Waals surface area contributed by atoms with Crippen LogP contribution in [0, 0.1) is 0 Å². The lowest BCUT2D eigenvalue weighted by Gasteiger charge is -2.13. The van der Waals surface area contributed by atoms with E-state index in [4.69, 9.17) is 14.2 Å². The Kier molecular flexibility index (Phi) is 4.49. The molecule has 1 aromatic rings. The van der Waals surface area contributed by atoms with Crippen LogP contribution in [-0.2, 0) is 4.74 Å². The van der Waals surface area contributed by atoms with Crippen LogP contribution in [-0.4, -0.2) is 32.0 Å². The van der Waals surface area contributed by atoms with Crippen LogP contribution >= 0.6 is 12.4 Å². The largest absolute Gasteiger partial charge is 0.502 e. The number of carbonyl (C=O) groups excluding carboxylic acids is 1. The van der Waals surface area contributed by atoms with Crippen LogP contribution in [0.1, 0.15) is 11.6 Å². The molecular formula is C11H14ClNO5. The summed E-state index contributed by atoms with van der Waals surface area (Å²) in [5.41, 5.74) is 0.752. The first-order valence-electron chi connectivity index (χ1n) is 5.04. The van der Waals surface area contributed by atoms with Gasteiger partial charge in [0.1, 0.15) is 6.61 Å². The molecule has 1 aliphatic heterocycles. The zero-order chi connectivity index (χ0) is 12.4. The lowest BCUT2D eigenvalue weighted by Crippen LogP contribution is -2.18. The highest BCUT2D eigenvalue weighted by Gasteiger charge is 2.26. The lowest BCUT2D eigenvalue weighted by atomic mass is 10.1. The second-order valence-corrected chi connectivity index (χ2v) is 3.57. The highest BCUT2D eigenvalue weighted by molar-refractivity contribution is 5.85. The molecule has 2 N–H and O–H groups in total. The number of cyclic esters (lactones) is 1. The van der Waals surface area contributed by atoms with Crippen LogP contribution in [0.25, 0.3) is 0 Å². The van der Waals surface area contributed by atoms with Crippen LogP contribution < -0.4 is 14.8 Å². The topological polar surface area (TPSA) is 77.0 Å². The summed E-state index contributed by atoms with van der Waals surface area (Å²) >= 11 is 0. The molecule has 0 radical (unpaired) electrons. The number of nitrogens with one attached hydrogen (secondary N) is 1. The quantitative estimate of drug-likeness (QED) is 0.876. The van der Waals surface area contributed by atoms with Gasteiger partial charge in [0.15, 0.2) is 11.5 Å². The van der Waals surface area contributed by atoms with Crippen molar-refractivity contribution in [1.82, 2.24) is 5.32 Å². The second-order valence-electron chi connectivity index (χ2n) is 3.57. The third-order valence-electron chi connectivity index (χ3n) is 2.58. The zero-order valence-electron chi connectivity index (χ0n) is 9.93. The summed E-state index contributed by atoms with van der Waals surface area (Å²) in [6, 6.07) is 3.01. The van der Waals surface area contributed by atoms with Gasteiger partial charge in [-0.15, -0.1) is 12.4 Å². The van der Waals surface area contributed by atoms with Gasteiger partial charge in [-0.1, -0.05) is 0 Å². The fourth-order valence-corrected chi connectivity index (χ4v) is 1.68. The maximum Gasteiger partial charge on any atom is 0.407 e. The number of phenolic OH excluding ortho intramolecular Hbond substituents is 1. The van der Waals surface area contributed by atoms with Crippen molar-refractivity contribution in [2.24, 2.45) is 0 Å². The Morgan fingerprint density at radius 2 is 1.89 bits per heavy atom. The SMILES string of the molecule is COc1cc([C@H]2COC(=O)N2)cc(OC)c1O.Cl. The molecule has 2 rings (SSSR count). The number of methoxy groups -OCH3 is 2. The second kappa shape index (κ2) is 5.68. The molecule has 1 fully saturated rings. The molecule has 1 heterocycles. The molecule has 7 heteroatoms. The van der Waals surface area contributed by atoms with E-state index in [-0.39, 0.29) is 30.8 Å². The van der Waals surface area contributed by atoms with E-state index < -0.39 is 6.09 Å². The molecule has 1 aromatic carbocycles. The van der Waals surface area contributed by atoms with Gasteiger partial charge in [-0.25, -0.2) is 4.79 Å². The van der Waals surface area contributed by atoms with E-state index >= 15 is 0 Å². The number of carbonyl (C=O) groups is 1. The number of alkyl carbamates (subject to hydrolysis) is 1. The van der Waals surface area contributed by atoms with Crippen molar-refractivity contribution in [3.05, 3.63) is 17.7 Å². The summed E-state index contributed by atoms with van der Waals surface area (Å²) in [5, 5.41) is 12.4. The van der Waals surface area contributed by atoms with Crippen LogP contribution in [0.3, 0.4) is 0 Å². The number of amides is 1. The summed E-state index contributed by atoms with van der Waals surface area (Å²) in [4.78, 5) is 11.0. The Bertz CT molecular complexity index is 426. The van der Waals surface area contributed by atoms with Crippen molar-refractivity contribution >= 4 is 18.5 Å². The Balaban J connectivity index is 0.00000162. The molecule has 1 atom stereocenters. The lowest BCUT2D eigenvalue weighted by molar-refractivity contribution is 0.177. The molecule has 1 amide bonds. The Morgan fingerprint density at radius 1 is 1.33 bits per heavy atom. The van der Waals surface area contributed by atoms with Crippen molar-refractivity contribution < 1.29 is 24.1 Å². The monoisotopic (exact) mass is 275 g/mol. The number of benzene rings is 1. The third-order valence-corrected chi connectivity index (χ3v) is 2.58. The predicted molar refractivity (Wildman–Crippen MR) is 65.7 cm³/mol. The first-order chi connectivity index (χ1) is 8.15. The first-order valence-corrected chi connectivity index (χ1v) is 5.04. The van der Waals surface area contributed by atoms with Gasteiger partial charge in [0.2, 0.25) is 5.75 Å². The van der Waals surface area contributed by atoms with Crippen molar-refractivity contribution in [1.29, 1.82) is 0 Å². The Morgan fingerprint density at radius 3 is 2.28 bits per heavy atom. The van der Waals surface area contributed by atoms with Gasteiger partial charge in [-0.3, -0.25) is 0 Å². The minimum absolute atomic E-state index is 0. The highest BCUT2D eigenvalue weighted by Crippen LogP contribution is 2.39. The van der Waals surface area contributed by atoms with E-state index in [1.165, 1.54) is 14.2 Å². The van der Waals surface area contributed by atoms with Gasteiger partial charge in [-0.05, 0) is 17.7 Å². The van der Waals surface area contributed by atoms with Crippen LogP contribution in [0.4, 0.5) is 4.79 Å². The summed E-state index contributed by atoms with van der Waals surface area (Å²) in [7, 11) is 2.89. The minimum atomic E-state index is -0.457. The summed E-state index contributed by atoms with van der Waals surface area (Å²) in [6.07, 6.45) is -0.457. The highest BCUT2D eigenvalue weighted by atomic mass is 35.5. The minimum Gasteiger partial charge on any atom is -0.502 e. The summed E-state index contributed by atoms with van der Waals surface area (Å²) in [5.74, 6) is 0.519. The fourth-order valence-electron chi connectivity index (χ4n) is 1.68. The average Bonchev–Trinajstić information content (AvgIpc) is 2.76. The number of halogens is 1. The van der Waals surface area contributed by atoms with Crippen molar-refractivity contribution in [3.63, 3.8) is 0 Å². The van der Waals surface area contributed by atoms with Gasteiger partial charge in [0, 0.05) is 0 Å². The number of hydrogen-bond acceptors (Lipinski definition) is 5. The summed E-state index contributed by atoms with van der Waals surface area (Å²) < 4.78 is 14.9. The molecule has 0 saturated carbocycles. The van der Waals surface area contributed by atoms with E-state index in [0.717, 1.165) is 5.56 Å². The van der Waals surface area contributed by atoms with Gasteiger partial charge < -0.3 is 24.6 Å². The molecule has 0 aliphatic carbocycles. The number of rotatable bonds is 3. The Hall–Kier alpha value is -1.82. The van der Waals surface area contributed by atoms with Crippen molar-refractivity contribution in [2.45, 2.75) is 6.04 Å². The van der Waals surface area contributed by atoms with Gasteiger partial charge in [0.05, 0.1) is 20.3 Å². The molecule has 100 valence electrons. The van der Waals surface area contributed by atoms with E-state index in [2.05, 4.69) is 5.32 Å². The fraction of sp³-hybridized carbons (Fsp3) is 0.364. The average molecular weight is 276 g/mol. The zero-order valence-corrected chi connectivity index (χ0v) is 10.7. The maximum absolute atomic E-state index is 11.0. The van der Waals surface area contributed by atoms with E-state index in [1.54, 1.807) is 12.1 Å². The van der Waals surface area contributed by atoms with Crippen LogP contribution in [0.2, 0.25) is 0 Å². The number of ether oxygens (including phenoxy) is 3. The van der Waals surface area contributed by atoms with Crippen molar-refractivity contribution in [3.8, 4) is 17.2 Å². The van der Waals surface area contributed by atoms with E-state index in [1.807, 2.05) is 0 Å². The molecule has 1 aliphatic rings. The molecule has 0 aromatic heterocycles. The molecular weight excluding hydrogens is 262 g/mol. The molecule has 6 nitrogen and oxygen atoms in total. The van der Waals surface area contributed by atoms with Crippen LogP contribution in [0.15, 0.2) is 12.1 Å². The third kappa shape index (κ3) is 2.53. The smallest absolute Gasteiger partial charge is 0.407 e. The predicted octanol–water partition coefficient (Wildman–Crippen LogP) is 1.61. The van der Waals surface area contributed by atoms with Crippen LogP contribution in [0.5, 0.6) is 17.2 Å². The number of aromatic hydroxyl groups is 1. The molecule has 0 bridgehead atoms. The molecule has 1 saturated heterocycles. The standard InChI is InChI=1S/C11H13NO5.ClH/c1-15-8-3-6(4-9(16-2)10(8)13)7-5-17-11(14)12-7;/h3-4,7,13H,5H2,1-2H3,(H,12,14);1H/t7-;/m1./s1. The maximum atomic E-state index is 11.0. The Labute approximate surface area is 110 Å². The van der Waals surface area contributed by atoms with Crippen molar-refractivity contribution in [2.75, 3.05) is 20.8 Å². The van der Waals surface area contributed by atoms with Gasteiger partial charge in [0.25, 0.3) is 0 Å². The molecule has 18 heavy (non-hydrogen) atoms. The molecule has 0 unspecified atom stereocenters. The first kappa shape index (κ1) is 14.2. The van der Waals surface area contributed by atoms with Gasteiger partial charge in [-0.2, -0.15) is 0 Å². The van der Waals surface area contributed by atoms with E-state index in [9.17, 15) is 9.90 Å². The van der Waals surface area contributed by atoms with Gasteiger partial charge >= 0.3 is 6.09 Å². The molecule has 0 spiro atoms. The number of phenols is 1.